The van der Waals surface area contributed by atoms with E-state index in [1.54, 1.807) is 36.4 Å². The normalized spacial score (nSPS) is 10.7. The van der Waals surface area contributed by atoms with Gasteiger partial charge in [0.2, 0.25) is 0 Å². The molecule has 0 amide bonds. The van der Waals surface area contributed by atoms with Crippen molar-refractivity contribution in [2.45, 2.75) is 13.5 Å². The molecule has 0 unspecified atom stereocenters. The second kappa shape index (κ2) is 10.1. The Hall–Kier alpha value is -4.91. The first-order valence-electron chi connectivity index (χ1n) is 11.4. The van der Waals surface area contributed by atoms with Crippen LogP contribution in [0, 0.1) is 6.92 Å². The summed E-state index contributed by atoms with van der Waals surface area (Å²) in [6, 6.07) is 31.4. The van der Waals surface area contributed by atoms with Crippen LogP contribution in [0.3, 0.4) is 0 Å². The standard InChI is InChI=1S/C29H23N3O4/c1-21-9-8-12-24(17-21)32-28(33)30-20-31(29(32)34)23-15-16-26(36-25-13-6-3-7-14-25)27(18-23)35-19-22-10-4-2-5-11-22/h2-18,20H,19H2,1H3. The third-order valence-electron chi connectivity index (χ3n) is 5.55. The Morgan fingerprint density at radius 3 is 2.25 bits per heavy atom. The van der Waals surface area contributed by atoms with Gasteiger partial charge in [0.05, 0.1) is 11.4 Å². The van der Waals surface area contributed by atoms with E-state index < -0.39 is 11.4 Å². The van der Waals surface area contributed by atoms with Crippen molar-refractivity contribution in [3.8, 4) is 28.6 Å². The monoisotopic (exact) mass is 477 g/mol. The topological polar surface area (TPSA) is 75.3 Å². The van der Waals surface area contributed by atoms with Crippen molar-refractivity contribution in [3.05, 3.63) is 142 Å². The van der Waals surface area contributed by atoms with Gasteiger partial charge in [0.25, 0.3) is 0 Å². The molecule has 0 aliphatic rings. The van der Waals surface area contributed by atoms with Gasteiger partial charge in [0.1, 0.15) is 18.7 Å². The molecular weight excluding hydrogens is 454 g/mol. The third kappa shape index (κ3) is 4.95. The van der Waals surface area contributed by atoms with Crippen molar-refractivity contribution in [2.24, 2.45) is 0 Å². The van der Waals surface area contributed by atoms with E-state index in [0.717, 1.165) is 15.7 Å². The number of para-hydroxylation sites is 1. The fraction of sp³-hybridized carbons (Fsp3) is 0.0690. The first-order chi connectivity index (χ1) is 17.6. The number of hydrogen-bond acceptors (Lipinski definition) is 5. The summed E-state index contributed by atoms with van der Waals surface area (Å²) in [6.07, 6.45) is 1.23. The van der Waals surface area contributed by atoms with Crippen LogP contribution < -0.4 is 20.9 Å². The van der Waals surface area contributed by atoms with Crippen molar-refractivity contribution < 1.29 is 9.47 Å². The van der Waals surface area contributed by atoms with Crippen LogP contribution in [0.5, 0.6) is 17.2 Å². The zero-order valence-electron chi connectivity index (χ0n) is 19.6. The summed E-state index contributed by atoms with van der Waals surface area (Å²) in [6.45, 7) is 2.20. The molecule has 5 aromatic rings. The van der Waals surface area contributed by atoms with Crippen LogP contribution >= 0.6 is 0 Å². The highest BCUT2D eigenvalue weighted by atomic mass is 16.5. The minimum Gasteiger partial charge on any atom is -0.485 e. The maximum atomic E-state index is 13.4. The molecule has 0 atom stereocenters. The highest BCUT2D eigenvalue weighted by molar-refractivity contribution is 5.50. The Morgan fingerprint density at radius 1 is 0.750 bits per heavy atom. The van der Waals surface area contributed by atoms with E-state index in [9.17, 15) is 9.59 Å². The second-order valence-electron chi connectivity index (χ2n) is 8.17. The molecule has 1 aromatic heterocycles. The lowest BCUT2D eigenvalue weighted by atomic mass is 10.2. The van der Waals surface area contributed by atoms with E-state index in [2.05, 4.69) is 4.98 Å². The van der Waals surface area contributed by atoms with Crippen molar-refractivity contribution >= 4 is 0 Å². The van der Waals surface area contributed by atoms with Gasteiger partial charge in [-0.2, -0.15) is 4.98 Å². The van der Waals surface area contributed by atoms with Crippen LogP contribution in [-0.2, 0) is 6.61 Å². The SMILES string of the molecule is Cc1cccc(-n2c(=O)ncn(-c3ccc(Oc4ccccc4)c(OCc4ccccc4)c3)c2=O)c1. The number of aryl methyl sites for hydroxylation is 1. The number of benzene rings is 4. The minimum atomic E-state index is -0.647. The molecule has 0 saturated carbocycles. The summed E-state index contributed by atoms with van der Waals surface area (Å²) in [5.41, 5.74) is 1.67. The molecular formula is C29H23N3O4. The van der Waals surface area contributed by atoms with E-state index >= 15 is 0 Å². The summed E-state index contributed by atoms with van der Waals surface area (Å²) < 4.78 is 14.5. The lowest BCUT2D eigenvalue weighted by Gasteiger charge is -2.15. The average Bonchev–Trinajstić information content (AvgIpc) is 2.90. The molecule has 0 bridgehead atoms. The zero-order valence-corrected chi connectivity index (χ0v) is 19.6. The van der Waals surface area contributed by atoms with Crippen molar-refractivity contribution in [3.63, 3.8) is 0 Å². The highest BCUT2D eigenvalue weighted by Crippen LogP contribution is 2.34. The summed E-state index contributed by atoms with van der Waals surface area (Å²) in [5.74, 6) is 1.59. The Balaban J connectivity index is 1.56. The number of rotatable bonds is 7. The van der Waals surface area contributed by atoms with E-state index in [1.807, 2.05) is 73.7 Å². The molecule has 1 heterocycles. The van der Waals surface area contributed by atoms with Crippen LogP contribution in [-0.4, -0.2) is 14.1 Å². The van der Waals surface area contributed by atoms with Gasteiger partial charge in [-0.25, -0.2) is 14.2 Å². The van der Waals surface area contributed by atoms with Gasteiger partial charge in [-0.15, -0.1) is 0 Å². The van der Waals surface area contributed by atoms with Crippen molar-refractivity contribution in [1.82, 2.24) is 14.1 Å². The van der Waals surface area contributed by atoms with Gasteiger partial charge in [-0.1, -0.05) is 60.7 Å². The zero-order chi connectivity index (χ0) is 24.9. The van der Waals surface area contributed by atoms with Crippen LogP contribution in [0.15, 0.2) is 119 Å². The predicted octanol–water partition coefficient (Wildman–Crippen LogP) is 5.06. The molecule has 0 spiro atoms. The Labute approximate surface area is 207 Å². The number of nitrogens with zero attached hydrogens (tertiary/aromatic N) is 3. The molecule has 7 nitrogen and oxygen atoms in total. The summed E-state index contributed by atoms with van der Waals surface area (Å²) in [5, 5.41) is 0. The molecule has 178 valence electrons. The van der Waals surface area contributed by atoms with Crippen molar-refractivity contribution in [2.75, 3.05) is 0 Å². The molecule has 0 aliphatic carbocycles. The maximum absolute atomic E-state index is 13.4. The Bertz CT molecular complexity index is 1610. The fourth-order valence-electron chi connectivity index (χ4n) is 3.76. The summed E-state index contributed by atoms with van der Waals surface area (Å²) >= 11 is 0. The third-order valence-corrected chi connectivity index (χ3v) is 5.55. The summed E-state index contributed by atoms with van der Waals surface area (Å²) in [7, 11) is 0. The van der Waals surface area contributed by atoms with E-state index in [4.69, 9.17) is 9.47 Å². The molecule has 36 heavy (non-hydrogen) atoms. The van der Waals surface area contributed by atoms with E-state index in [0.29, 0.717) is 35.2 Å². The number of aromatic nitrogens is 3. The maximum Gasteiger partial charge on any atom is 0.357 e. The van der Waals surface area contributed by atoms with Crippen LogP contribution in [0.1, 0.15) is 11.1 Å². The fourth-order valence-corrected chi connectivity index (χ4v) is 3.76. The van der Waals surface area contributed by atoms with Gasteiger partial charge >= 0.3 is 11.4 Å². The van der Waals surface area contributed by atoms with Gasteiger partial charge < -0.3 is 9.47 Å². The van der Waals surface area contributed by atoms with Gasteiger partial charge in [-0.3, -0.25) is 4.57 Å². The van der Waals surface area contributed by atoms with Crippen molar-refractivity contribution in [1.29, 1.82) is 0 Å². The molecule has 0 N–H and O–H groups in total. The Morgan fingerprint density at radius 2 is 1.50 bits per heavy atom. The van der Waals surface area contributed by atoms with Gasteiger partial charge in [0.15, 0.2) is 11.5 Å². The molecule has 0 radical (unpaired) electrons. The van der Waals surface area contributed by atoms with Crippen LogP contribution in [0.25, 0.3) is 11.4 Å². The first-order valence-corrected chi connectivity index (χ1v) is 11.4. The second-order valence-corrected chi connectivity index (χ2v) is 8.17. The predicted molar refractivity (Wildman–Crippen MR) is 137 cm³/mol. The molecule has 0 aliphatic heterocycles. The molecule has 0 saturated heterocycles. The van der Waals surface area contributed by atoms with Crippen LogP contribution in [0.4, 0.5) is 0 Å². The smallest absolute Gasteiger partial charge is 0.357 e. The number of hydrogen-bond donors (Lipinski definition) is 0. The van der Waals surface area contributed by atoms with Gasteiger partial charge in [-0.05, 0) is 54.4 Å². The highest BCUT2D eigenvalue weighted by Gasteiger charge is 2.14. The minimum absolute atomic E-state index is 0.311. The molecule has 0 fully saturated rings. The number of ether oxygens (including phenoxy) is 2. The van der Waals surface area contributed by atoms with Crippen LogP contribution in [0.2, 0.25) is 0 Å². The lowest BCUT2D eigenvalue weighted by Crippen LogP contribution is -2.39. The molecule has 5 rings (SSSR count). The van der Waals surface area contributed by atoms with Gasteiger partial charge in [0, 0.05) is 6.07 Å². The quantitative estimate of drug-likeness (QED) is 0.327. The molecule has 7 heteroatoms. The van der Waals surface area contributed by atoms with E-state index in [1.165, 1.54) is 10.9 Å². The summed E-state index contributed by atoms with van der Waals surface area (Å²) in [4.78, 5) is 29.8. The molecule has 4 aromatic carbocycles. The van der Waals surface area contributed by atoms with E-state index in [-0.39, 0.29) is 0 Å². The average molecular weight is 478 g/mol. The largest absolute Gasteiger partial charge is 0.485 e. The lowest BCUT2D eigenvalue weighted by molar-refractivity contribution is 0.291. The Kier molecular flexibility index (Phi) is 6.44. The first kappa shape index (κ1) is 22.9.